The van der Waals surface area contributed by atoms with Crippen LogP contribution < -0.4 is 10.5 Å². The summed E-state index contributed by atoms with van der Waals surface area (Å²) in [7, 11) is -3.77. The Morgan fingerprint density at radius 3 is 2.58 bits per heavy atom. The first kappa shape index (κ1) is 16.8. The molecule has 0 fully saturated rings. The molecule has 110 valence electrons. The van der Waals surface area contributed by atoms with Crippen LogP contribution in [-0.2, 0) is 16.6 Å². The van der Waals surface area contributed by atoms with Crippen molar-refractivity contribution in [2.75, 3.05) is 12.3 Å². The quantitative estimate of drug-likeness (QED) is 0.781. The van der Waals surface area contributed by atoms with Crippen molar-refractivity contribution in [3.63, 3.8) is 0 Å². The van der Waals surface area contributed by atoms with Crippen LogP contribution in [0.15, 0.2) is 11.0 Å². The van der Waals surface area contributed by atoms with E-state index in [2.05, 4.69) is 4.72 Å². The van der Waals surface area contributed by atoms with Crippen LogP contribution in [0.2, 0.25) is 0 Å². The third kappa shape index (κ3) is 5.30. The van der Waals surface area contributed by atoms with Gasteiger partial charge in [0.15, 0.2) is 0 Å². The van der Waals surface area contributed by atoms with Crippen LogP contribution in [-0.4, -0.2) is 26.2 Å². The number of nitrogens with one attached hydrogen (secondary N) is 1. The molecule has 0 atom stereocenters. The van der Waals surface area contributed by atoms with E-state index >= 15 is 0 Å². The maximum atomic E-state index is 11.9. The van der Waals surface area contributed by atoms with E-state index in [0.29, 0.717) is 9.75 Å². The van der Waals surface area contributed by atoms with Crippen LogP contribution in [0.5, 0.6) is 0 Å². The number of aryl methyl sites for hydroxylation is 1. The number of sulfonamides is 1. The van der Waals surface area contributed by atoms with Gasteiger partial charge in [-0.1, -0.05) is 0 Å². The van der Waals surface area contributed by atoms with E-state index in [9.17, 15) is 21.6 Å². The number of thioether (sulfide) groups is 1. The van der Waals surface area contributed by atoms with Crippen molar-refractivity contribution >= 4 is 33.1 Å². The number of alkyl halides is 3. The molecule has 1 rings (SSSR count). The van der Waals surface area contributed by atoms with E-state index in [4.69, 9.17) is 5.73 Å². The van der Waals surface area contributed by atoms with Gasteiger partial charge in [0, 0.05) is 28.6 Å². The fraction of sp³-hybridized carbons (Fsp3) is 0.556. The number of hydrogen-bond donors (Lipinski definition) is 2. The molecule has 0 aromatic carbocycles. The van der Waals surface area contributed by atoms with Gasteiger partial charge in [0.1, 0.15) is 0 Å². The molecule has 0 amide bonds. The van der Waals surface area contributed by atoms with Crippen LogP contribution in [0.1, 0.15) is 9.75 Å². The third-order valence-corrected chi connectivity index (χ3v) is 5.60. The highest BCUT2D eigenvalue weighted by Gasteiger charge is 2.28. The normalized spacial score (nSPS) is 12.9. The Labute approximate surface area is 117 Å². The molecule has 0 radical (unpaired) electrons. The van der Waals surface area contributed by atoms with E-state index in [-0.39, 0.29) is 35.5 Å². The number of hydrogen-bond acceptors (Lipinski definition) is 5. The second-order valence-corrected chi connectivity index (χ2v) is 7.77. The lowest BCUT2D eigenvalue weighted by Gasteiger charge is -2.07. The largest absolute Gasteiger partial charge is 0.441 e. The molecule has 1 aromatic heterocycles. The van der Waals surface area contributed by atoms with Crippen LogP contribution >= 0.6 is 23.1 Å². The molecule has 1 aromatic rings. The molecule has 0 aliphatic heterocycles. The third-order valence-electron chi connectivity index (χ3n) is 2.07. The second-order valence-electron chi connectivity index (χ2n) is 3.53. The summed E-state index contributed by atoms with van der Waals surface area (Å²) in [4.78, 5) is 1.36. The summed E-state index contributed by atoms with van der Waals surface area (Å²) < 4.78 is 61.5. The monoisotopic (exact) mass is 334 g/mol. The standard InChI is InChI=1S/C9H13F3N2O2S3/c1-6-8(4-7(5-13)18-6)19(15,16)14-2-3-17-9(10,11)12/h4,14H,2-3,5,13H2,1H3. The van der Waals surface area contributed by atoms with Crippen LogP contribution in [0.3, 0.4) is 0 Å². The lowest BCUT2D eigenvalue weighted by molar-refractivity contribution is -0.0327. The molecule has 0 aliphatic rings. The molecule has 0 saturated carbocycles. The van der Waals surface area contributed by atoms with Gasteiger partial charge in [0.05, 0.1) is 4.90 Å². The molecule has 0 saturated heterocycles. The molecule has 4 nitrogen and oxygen atoms in total. The van der Waals surface area contributed by atoms with E-state index in [1.54, 1.807) is 6.92 Å². The van der Waals surface area contributed by atoms with Gasteiger partial charge in [-0.2, -0.15) is 13.2 Å². The molecule has 10 heteroatoms. The van der Waals surface area contributed by atoms with Crippen molar-refractivity contribution in [3.8, 4) is 0 Å². The zero-order chi connectivity index (χ0) is 14.7. The highest BCUT2D eigenvalue weighted by Crippen LogP contribution is 2.29. The van der Waals surface area contributed by atoms with Gasteiger partial charge in [0.25, 0.3) is 0 Å². The van der Waals surface area contributed by atoms with Gasteiger partial charge < -0.3 is 5.73 Å². The van der Waals surface area contributed by atoms with Gasteiger partial charge in [0.2, 0.25) is 10.0 Å². The fourth-order valence-corrected chi connectivity index (χ4v) is 4.42. The zero-order valence-corrected chi connectivity index (χ0v) is 12.4. The Hall–Kier alpha value is -0.290. The zero-order valence-electron chi connectivity index (χ0n) is 9.95. The number of halogens is 3. The number of rotatable bonds is 6. The van der Waals surface area contributed by atoms with E-state index in [1.807, 2.05) is 0 Å². The second kappa shape index (κ2) is 6.44. The average Bonchev–Trinajstić information content (AvgIpc) is 2.66. The lowest BCUT2D eigenvalue weighted by atomic mass is 10.4. The molecule has 1 heterocycles. The summed E-state index contributed by atoms with van der Waals surface area (Å²) in [6.45, 7) is 1.58. The number of thiophene rings is 1. The summed E-state index contributed by atoms with van der Waals surface area (Å²) in [5, 5.41) is 0. The summed E-state index contributed by atoms with van der Waals surface area (Å²) >= 11 is 0.994. The minimum atomic E-state index is -4.35. The Morgan fingerprint density at radius 2 is 2.11 bits per heavy atom. The smallest absolute Gasteiger partial charge is 0.326 e. The molecule has 19 heavy (non-hydrogen) atoms. The molecule has 0 aliphatic carbocycles. The van der Waals surface area contributed by atoms with Crippen molar-refractivity contribution in [1.82, 2.24) is 4.72 Å². The van der Waals surface area contributed by atoms with Gasteiger partial charge in [-0.3, -0.25) is 0 Å². The van der Waals surface area contributed by atoms with Crippen molar-refractivity contribution in [3.05, 3.63) is 15.8 Å². The average molecular weight is 334 g/mol. The summed E-state index contributed by atoms with van der Waals surface area (Å²) in [5.74, 6) is -0.365. The first-order valence-electron chi connectivity index (χ1n) is 5.15. The van der Waals surface area contributed by atoms with E-state index < -0.39 is 15.5 Å². The first-order chi connectivity index (χ1) is 8.65. The first-order valence-corrected chi connectivity index (χ1v) is 8.44. The van der Waals surface area contributed by atoms with Crippen molar-refractivity contribution in [2.24, 2.45) is 5.73 Å². The molecule has 0 bridgehead atoms. The highest BCUT2D eigenvalue weighted by atomic mass is 32.2. The molecule has 3 N–H and O–H groups in total. The van der Waals surface area contributed by atoms with Gasteiger partial charge >= 0.3 is 5.51 Å². The summed E-state index contributed by atoms with van der Waals surface area (Å²) in [5.41, 5.74) is 1.06. The van der Waals surface area contributed by atoms with Crippen molar-refractivity contribution in [2.45, 2.75) is 23.9 Å². The maximum absolute atomic E-state index is 11.9. The fourth-order valence-electron chi connectivity index (χ4n) is 1.31. The van der Waals surface area contributed by atoms with Crippen molar-refractivity contribution < 1.29 is 21.6 Å². The number of nitrogens with two attached hydrogens (primary N) is 1. The molecule has 0 spiro atoms. The van der Waals surface area contributed by atoms with Crippen LogP contribution in [0.4, 0.5) is 13.2 Å². The van der Waals surface area contributed by atoms with Gasteiger partial charge in [-0.25, -0.2) is 13.1 Å². The van der Waals surface area contributed by atoms with Gasteiger partial charge in [-0.15, -0.1) is 11.3 Å². The highest BCUT2D eigenvalue weighted by molar-refractivity contribution is 8.00. The summed E-state index contributed by atoms with van der Waals surface area (Å²) in [6.07, 6.45) is 0. The Balaban J connectivity index is 2.63. The van der Waals surface area contributed by atoms with Crippen LogP contribution in [0, 0.1) is 6.92 Å². The SMILES string of the molecule is Cc1sc(CN)cc1S(=O)(=O)NCCSC(F)(F)F. The molecular formula is C9H13F3N2O2S3. The van der Waals surface area contributed by atoms with Crippen LogP contribution in [0.25, 0.3) is 0 Å². The topological polar surface area (TPSA) is 72.2 Å². The maximum Gasteiger partial charge on any atom is 0.441 e. The van der Waals surface area contributed by atoms with Crippen molar-refractivity contribution in [1.29, 1.82) is 0 Å². The summed E-state index contributed by atoms with van der Waals surface area (Å²) in [6, 6.07) is 1.44. The molecular weight excluding hydrogens is 321 g/mol. The predicted molar refractivity (Wildman–Crippen MR) is 70.6 cm³/mol. The van der Waals surface area contributed by atoms with Gasteiger partial charge in [-0.05, 0) is 24.8 Å². The Morgan fingerprint density at radius 1 is 1.47 bits per heavy atom. The predicted octanol–water partition coefficient (Wildman–Crippen LogP) is 2.05. The Bertz CT molecular complexity index is 525. The minimum absolute atomic E-state index is 0.0787. The Kier molecular flexibility index (Phi) is 5.68. The molecule has 0 unspecified atom stereocenters. The lowest BCUT2D eigenvalue weighted by Crippen LogP contribution is -2.26. The van der Waals surface area contributed by atoms with E-state index in [1.165, 1.54) is 17.4 Å². The van der Waals surface area contributed by atoms with E-state index in [0.717, 1.165) is 0 Å². The minimum Gasteiger partial charge on any atom is -0.326 e.